The van der Waals surface area contributed by atoms with Crippen LogP contribution in [0.25, 0.3) is 91.9 Å². The molecule has 0 aliphatic rings. The second-order valence-electron chi connectivity index (χ2n) is 14.9. The third kappa shape index (κ3) is 5.12. The van der Waals surface area contributed by atoms with Crippen molar-refractivity contribution in [3.8, 4) is 27.9 Å². The van der Waals surface area contributed by atoms with Crippen molar-refractivity contribution in [1.82, 2.24) is 4.57 Å². The fourth-order valence-corrected chi connectivity index (χ4v) is 10.2. The van der Waals surface area contributed by atoms with E-state index < -0.39 is 0 Å². The zero-order chi connectivity index (χ0) is 38.2. The van der Waals surface area contributed by atoms with Crippen LogP contribution >= 0.6 is 11.3 Å². The quantitative estimate of drug-likeness (QED) is 0.168. The van der Waals surface area contributed by atoms with Crippen molar-refractivity contribution in [2.45, 2.75) is 0 Å². The highest BCUT2D eigenvalue weighted by Gasteiger charge is 2.21. The number of furan rings is 1. The maximum Gasteiger partial charge on any atom is 0.159 e. The second-order valence-corrected chi connectivity index (χ2v) is 15.9. The van der Waals surface area contributed by atoms with Crippen molar-refractivity contribution in [3.05, 3.63) is 206 Å². The molecular weight excluding hydrogens is 725 g/mol. The van der Waals surface area contributed by atoms with Gasteiger partial charge >= 0.3 is 0 Å². The van der Waals surface area contributed by atoms with Crippen LogP contribution in [0.4, 0.5) is 17.1 Å². The molecule has 0 N–H and O–H groups in total. The van der Waals surface area contributed by atoms with E-state index in [0.717, 1.165) is 39.0 Å². The van der Waals surface area contributed by atoms with Crippen molar-refractivity contribution in [3.63, 3.8) is 0 Å². The van der Waals surface area contributed by atoms with Gasteiger partial charge in [0.2, 0.25) is 0 Å². The third-order valence-corrected chi connectivity index (χ3v) is 12.8. The Hall–Kier alpha value is -7.40. The van der Waals surface area contributed by atoms with Crippen LogP contribution in [0.3, 0.4) is 0 Å². The van der Waals surface area contributed by atoms with Gasteiger partial charge in [0.15, 0.2) is 5.58 Å². The van der Waals surface area contributed by atoms with Crippen LogP contribution in [-0.4, -0.2) is 4.57 Å². The number of hydrogen-bond donors (Lipinski definition) is 0. The van der Waals surface area contributed by atoms with E-state index in [1.165, 1.54) is 69.9 Å². The number of thiophene rings is 1. The molecule has 0 amide bonds. The van der Waals surface area contributed by atoms with E-state index in [9.17, 15) is 0 Å². The molecule has 0 bridgehead atoms. The topological polar surface area (TPSA) is 21.3 Å². The predicted octanol–water partition coefficient (Wildman–Crippen LogP) is 15.9. The number of anilines is 3. The third-order valence-electron chi connectivity index (χ3n) is 11.6. The van der Waals surface area contributed by atoms with Gasteiger partial charge in [-0.25, -0.2) is 0 Å². The van der Waals surface area contributed by atoms with Crippen molar-refractivity contribution in [2.75, 3.05) is 4.90 Å². The van der Waals surface area contributed by atoms with Gasteiger partial charge in [-0.2, -0.15) is 0 Å². The summed E-state index contributed by atoms with van der Waals surface area (Å²) in [6, 6.07) is 74.2. The van der Waals surface area contributed by atoms with Gasteiger partial charge in [-0.05, 0) is 99.8 Å². The zero-order valence-corrected chi connectivity index (χ0v) is 32.2. The van der Waals surface area contributed by atoms with Gasteiger partial charge in [-0.1, -0.05) is 140 Å². The van der Waals surface area contributed by atoms with Crippen molar-refractivity contribution >= 4 is 92.3 Å². The lowest BCUT2D eigenvalue weighted by molar-refractivity contribution is 0.669. The van der Waals surface area contributed by atoms with Crippen LogP contribution in [-0.2, 0) is 0 Å². The SMILES string of the molecule is c1ccc(-n2c3ccc(-c4ccc(N(c5ccc(-c6cccc7ccccc67)cc5)c5cccc6c5oc5ccccc56)cc4)cc3c3c4ccccc4sc32)cc1. The molecule has 0 unspecified atom stereocenters. The summed E-state index contributed by atoms with van der Waals surface area (Å²) in [6.07, 6.45) is 0. The second kappa shape index (κ2) is 13.1. The lowest BCUT2D eigenvalue weighted by Crippen LogP contribution is -2.10. The fourth-order valence-electron chi connectivity index (χ4n) is 8.91. The molecule has 0 saturated carbocycles. The van der Waals surface area contributed by atoms with E-state index in [-0.39, 0.29) is 0 Å². The molecule has 4 heteroatoms. The van der Waals surface area contributed by atoms with Gasteiger partial charge in [0.1, 0.15) is 10.4 Å². The minimum Gasteiger partial charge on any atom is -0.454 e. The number of rotatable bonds is 6. The Balaban J connectivity index is 0.996. The van der Waals surface area contributed by atoms with Crippen molar-refractivity contribution in [2.24, 2.45) is 0 Å². The van der Waals surface area contributed by atoms with Crippen LogP contribution in [0.5, 0.6) is 0 Å². The number of nitrogens with zero attached hydrogens (tertiary/aromatic N) is 2. The highest BCUT2D eigenvalue weighted by Crippen LogP contribution is 2.45. The molecule has 0 atom stereocenters. The molecule has 3 heterocycles. The Morgan fingerprint density at radius 2 is 1.09 bits per heavy atom. The number of benzene rings is 9. The average Bonchev–Trinajstić information content (AvgIpc) is 3.96. The van der Waals surface area contributed by atoms with Crippen LogP contribution in [0.1, 0.15) is 0 Å². The van der Waals surface area contributed by atoms with Gasteiger partial charge in [-0.3, -0.25) is 0 Å². The summed E-state index contributed by atoms with van der Waals surface area (Å²) in [6.45, 7) is 0. The molecule has 3 nitrogen and oxygen atoms in total. The molecule has 3 aromatic heterocycles. The van der Waals surface area contributed by atoms with Crippen LogP contribution < -0.4 is 4.90 Å². The standard InChI is InChI=1S/C54H34N2OS/c1-2-14-39(15-3-1)56-48-33-28-38(34-47(48)52-46-18-7-9-23-51(46)58-54(52)56)35-24-29-40(30-25-35)55(49-21-11-20-45-44-17-6-8-22-50(44)57-53(45)49)41-31-26-37(27-32-41)43-19-10-13-36-12-4-5-16-42(36)43/h1-34H. The van der Waals surface area contributed by atoms with Crippen molar-refractivity contribution in [1.29, 1.82) is 0 Å². The molecule has 58 heavy (non-hydrogen) atoms. The summed E-state index contributed by atoms with van der Waals surface area (Å²) in [7, 11) is 0. The molecule has 0 spiro atoms. The lowest BCUT2D eigenvalue weighted by Gasteiger charge is -2.26. The van der Waals surface area contributed by atoms with Crippen LogP contribution in [0.2, 0.25) is 0 Å². The first-order chi connectivity index (χ1) is 28.8. The molecule has 12 rings (SSSR count). The maximum atomic E-state index is 6.63. The summed E-state index contributed by atoms with van der Waals surface area (Å²) in [5.74, 6) is 0. The average molecular weight is 759 g/mol. The van der Waals surface area contributed by atoms with Gasteiger partial charge in [-0.15, -0.1) is 11.3 Å². The molecular formula is C54H34N2OS. The van der Waals surface area contributed by atoms with E-state index in [2.05, 4.69) is 210 Å². The molecule has 0 saturated heterocycles. The number of aromatic nitrogens is 1. The minimum absolute atomic E-state index is 0.867. The molecule has 9 aromatic carbocycles. The van der Waals surface area contributed by atoms with E-state index in [0.29, 0.717) is 0 Å². The van der Waals surface area contributed by atoms with E-state index in [4.69, 9.17) is 4.42 Å². The summed E-state index contributed by atoms with van der Waals surface area (Å²) < 4.78 is 10.4. The van der Waals surface area contributed by atoms with Crippen molar-refractivity contribution < 1.29 is 4.42 Å². The minimum atomic E-state index is 0.867. The maximum absolute atomic E-state index is 6.63. The number of fused-ring (bicyclic) bond motifs is 9. The Kier molecular flexibility index (Phi) is 7.40. The normalized spacial score (nSPS) is 11.8. The van der Waals surface area contributed by atoms with Gasteiger partial charge in [0.25, 0.3) is 0 Å². The van der Waals surface area contributed by atoms with E-state index >= 15 is 0 Å². The van der Waals surface area contributed by atoms with Gasteiger partial charge < -0.3 is 13.9 Å². The van der Waals surface area contributed by atoms with E-state index in [1.807, 2.05) is 17.4 Å². The molecule has 0 fully saturated rings. The number of hydrogen-bond acceptors (Lipinski definition) is 3. The highest BCUT2D eigenvalue weighted by molar-refractivity contribution is 7.25. The monoisotopic (exact) mass is 758 g/mol. The van der Waals surface area contributed by atoms with E-state index in [1.54, 1.807) is 0 Å². The smallest absolute Gasteiger partial charge is 0.159 e. The van der Waals surface area contributed by atoms with Gasteiger partial charge in [0.05, 0.1) is 11.2 Å². The molecule has 0 radical (unpaired) electrons. The van der Waals surface area contributed by atoms with Crippen LogP contribution in [0.15, 0.2) is 211 Å². The zero-order valence-electron chi connectivity index (χ0n) is 31.3. The lowest BCUT2D eigenvalue weighted by atomic mass is 9.98. The highest BCUT2D eigenvalue weighted by atomic mass is 32.1. The van der Waals surface area contributed by atoms with Crippen LogP contribution in [0, 0.1) is 0 Å². The largest absolute Gasteiger partial charge is 0.454 e. The molecule has 0 aliphatic carbocycles. The predicted molar refractivity (Wildman–Crippen MR) is 247 cm³/mol. The fraction of sp³-hybridized carbons (Fsp3) is 0. The summed E-state index contributed by atoms with van der Waals surface area (Å²) in [5.41, 5.74) is 12.0. The first-order valence-electron chi connectivity index (χ1n) is 19.7. The molecule has 272 valence electrons. The Morgan fingerprint density at radius 1 is 0.448 bits per heavy atom. The Labute approximate surface area is 338 Å². The summed E-state index contributed by atoms with van der Waals surface area (Å²) in [5, 5.41) is 8.59. The summed E-state index contributed by atoms with van der Waals surface area (Å²) >= 11 is 1.86. The first kappa shape index (κ1) is 32.8. The number of para-hydroxylation sites is 3. The first-order valence-corrected chi connectivity index (χ1v) is 20.5. The summed E-state index contributed by atoms with van der Waals surface area (Å²) in [4.78, 5) is 3.60. The molecule has 12 aromatic rings. The molecule has 0 aliphatic heterocycles. The Bertz CT molecular complexity index is 3500. The van der Waals surface area contributed by atoms with Gasteiger partial charge in [0, 0.05) is 48.7 Å². The Morgan fingerprint density at radius 3 is 1.91 bits per heavy atom.